The summed E-state index contributed by atoms with van der Waals surface area (Å²) < 4.78 is 6.24. The number of hydrogen-bond acceptors (Lipinski definition) is 5. The highest BCUT2D eigenvalue weighted by atomic mass is 32.2. The summed E-state index contributed by atoms with van der Waals surface area (Å²) in [5, 5.41) is 3.65. The summed E-state index contributed by atoms with van der Waals surface area (Å²) in [6.45, 7) is 3.22. The van der Waals surface area contributed by atoms with Gasteiger partial charge in [0.15, 0.2) is 0 Å². The molecule has 2 atom stereocenters. The zero-order chi connectivity index (χ0) is 14.5. The molecular formula is C16H20N2OS2. The molecule has 2 aromatic rings. The van der Waals surface area contributed by atoms with Crippen molar-refractivity contribution in [3.05, 3.63) is 40.8 Å². The topological polar surface area (TPSA) is 34.2 Å². The van der Waals surface area contributed by atoms with Crippen LogP contribution in [0.25, 0.3) is 0 Å². The SMILES string of the molecule is CCCNC(Cc1cncs1)C1CSc2ccccc2O1. The van der Waals surface area contributed by atoms with Crippen LogP contribution < -0.4 is 10.1 Å². The van der Waals surface area contributed by atoms with Crippen LogP contribution in [0.1, 0.15) is 18.2 Å². The minimum Gasteiger partial charge on any atom is -0.487 e. The molecule has 0 spiro atoms. The van der Waals surface area contributed by atoms with Gasteiger partial charge in [0.1, 0.15) is 11.9 Å². The fourth-order valence-electron chi connectivity index (χ4n) is 2.46. The minimum atomic E-state index is 0.207. The van der Waals surface area contributed by atoms with Gasteiger partial charge < -0.3 is 10.1 Å². The van der Waals surface area contributed by atoms with Gasteiger partial charge in [-0.2, -0.15) is 0 Å². The van der Waals surface area contributed by atoms with E-state index in [4.69, 9.17) is 4.74 Å². The Kier molecular flexibility index (Phi) is 5.17. The Hall–Kier alpha value is -1.04. The van der Waals surface area contributed by atoms with Gasteiger partial charge in [0.25, 0.3) is 0 Å². The molecule has 0 aliphatic carbocycles. The van der Waals surface area contributed by atoms with E-state index < -0.39 is 0 Å². The maximum absolute atomic E-state index is 6.24. The van der Waals surface area contributed by atoms with Crippen molar-refractivity contribution in [1.82, 2.24) is 10.3 Å². The summed E-state index contributed by atoms with van der Waals surface area (Å²) in [4.78, 5) is 6.75. The van der Waals surface area contributed by atoms with Crippen molar-refractivity contribution in [2.75, 3.05) is 12.3 Å². The maximum atomic E-state index is 6.24. The lowest BCUT2D eigenvalue weighted by Gasteiger charge is -2.32. The van der Waals surface area contributed by atoms with Crippen LogP contribution >= 0.6 is 23.1 Å². The Labute approximate surface area is 134 Å². The van der Waals surface area contributed by atoms with E-state index in [0.717, 1.165) is 30.9 Å². The molecule has 1 aromatic carbocycles. The molecule has 2 heterocycles. The first-order valence-corrected chi connectivity index (χ1v) is 9.22. The van der Waals surface area contributed by atoms with Gasteiger partial charge in [-0.3, -0.25) is 4.98 Å². The highest BCUT2D eigenvalue weighted by Gasteiger charge is 2.28. The van der Waals surface area contributed by atoms with E-state index >= 15 is 0 Å². The predicted molar refractivity (Wildman–Crippen MR) is 89.5 cm³/mol. The smallest absolute Gasteiger partial charge is 0.133 e. The lowest BCUT2D eigenvalue weighted by molar-refractivity contribution is 0.165. The van der Waals surface area contributed by atoms with Crippen molar-refractivity contribution < 1.29 is 4.74 Å². The molecule has 3 rings (SSSR count). The second kappa shape index (κ2) is 7.29. The monoisotopic (exact) mass is 320 g/mol. The first-order chi connectivity index (χ1) is 10.4. The van der Waals surface area contributed by atoms with Crippen LogP contribution in [0.15, 0.2) is 40.9 Å². The molecule has 1 aromatic heterocycles. The van der Waals surface area contributed by atoms with E-state index in [1.54, 1.807) is 11.3 Å². The first-order valence-electron chi connectivity index (χ1n) is 7.36. The summed E-state index contributed by atoms with van der Waals surface area (Å²) in [5.74, 6) is 2.02. The number of fused-ring (bicyclic) bond motifs is 1. The van der Waals surface area contributed by atoms with E-state index in [9.17, 15) is 0 Å². The van der Waals surface area contributed by atoms with Crippen molar-refractivity contribution in [3.63, 3.8) is 0 Å². The summed E-state index contributed by atoms with van der Waals surface area (Å²) in [6.07, 6.45) is 4.29. The minimum absolute atomic E-state index is 0.207. The average Bonchev–Trinajstić information content (AvgIpc) is 3.04. The van der Waals surface area contributed by atoms with Crippen LogP contribution in [0.3, 0.4) is 0 Å². The summed E-state index contributed by atoms with van der Waals surface area (Å²) in [7, 11) is 0. The van der Waals surface area contributed by atoms with Crippen molar-refractivity contribution in [1.29, 1.82) is 0 Å². The molecule has 21 heavy (non-hydrogen) atoms. The molecule has 0 fully saturated rings. The van der Waals surface area contributed by atoms with Gasteiger partial charge in [0.05, 0.1) is 5.51 Å². The lowest BCUT2D eigenvalue weighted by Crippen LogP contribution is -2.47. The third kappa shape index (κ3) is 3.78. The van der Waals surface area contributed by atoms with Crippen LogP contribution in [0.2, 0.25) is 0 Å². The number of nitrogens with one attached hydrogen (secondary N) is 1. The Morgan fingerprint density at radius 3 is 3.14 bits per heavy atom. The molecule has 1 aliphatic heterocycles. The van der Waals surface area contributed by atoms with E-state index in [1.807, 2.05) is 29.5 Å². The second-order valence-corrected chi connectivity index (χ2v) is 7.18. The number of ether oxygens (including phenoxy) is 1. The number of benzene rings is 1. The molecule has 0 saturated carbocycles. The van der Waals surface area contributed by atoms with Crippen molar-refractivity contribution >= 4 is 23.1 Å². The summed E-state index contributed by atoms with van der Waals surface area (Å²) in [6, 6.07) is 8.65. The van der Waals surface area contributed by atoms with E-state index in [1.165, 1.54) is 9.77 Å². The molecule has 112 valence electrons. The standard InChI is InChI=1S/C16H20N2OS2/c1-2-7-18-13(8-12-9-17-11-21-12)15-10-20-16-6-4-3-5-14(16)19-15/h3-6,9,11,13,15,18H,2,7-8,10H2,1H3. The molecule has 5 heteroatoms. The average molecular weight is 320 g/mol. The number of thioether (sulfide) groups is 1. The number of thiazole rings is 1. The lowest BCUT2D eigenvalue weighted by atomic mass is 10.1. The van der Waals surface area contributed by atoms with Gasteiger partial charge in [-0.25, -0.2) is 0 Å². The fourth-order valence-corrected chi connectivity index (χ4v) is 4.19. The van der Waals surface area contributed by atoms with Gasteiger partial charge in [0.2, 0.25) is 0 Å². The Bertz CT molecular complexity index is 559. The predicted octanol–water partition coefficient (Wildman–Crippen LogP) is 3.61. The number of aromatic nitrogens is 1. The van der Waals surface area contributed by atoms with E-state index in [0.29, 0.717) is 6.04 Å². The van der Waals surface area contributed by atoms with Crippen molar-refractivity contribution in [2.45, 2.75) is 36.8 Å². The molecule has 3 nitrogen and oxygen atoms in total. The number of hydrogen-bond donors (Lipinski definition) is 1. The third-order valence-electron chi connectivity index (χ3n) is 3.54. The van der Waals surface area contributed by atoms with Crippen LogP contribution in [0.4, 0.5) is 0 Å². The number of rotatable bonds is 6. The van der Waals surface area contributed by atoms with Gasteiger partial charge in [-0.15, -0.1) is 23.1 Å². The highest BCUT2D eigenvalue weighted by Crippen LogP contribution is 2.36. The molecule has 2 unspecified atom stereocenters. The maximum Gasteiger partial charge on any atom is 0.133 e. The molecule has 0 amide bonds. The van der Waals surface area contributed by atoms with Crippen LogP contribution in [-0.4, -0.2) is 29.4 Å². The third-order valence-corrected chi connectivity index (χ3v) is 5.49. The quantitative estimate of drug-likeness (QED) is 0.882. The number of nitrogens with zero attached hydrogens (tertiary/aromatic N) is 1. The normalized spacial score (nSPS) is 18.8. The summed E-state index contributed by atoms with van der Waals surface area (Å²) in [5.41, 5.74) is 1.90. The van der Waals surface area contributed by atoms with Crippen molar-refractivity contribution in [3.8, 4) is 5.75 Å². The van der Waals surface area contributed by atoms with Gasteiger partial charge in [0, 0.05) is 34.2 Å². The largest absolute Gasteiger partial charge is 0.487 e. The number of para-hydroxylation sites is 1. The zero-order valence-electron chi connectivity index (χ0n) is 12.1. The molecule has 0 radical (unpaired) electrons. The Morgan fingerprint density at radius 1 is 1.43 bits per heavy atom. The van der Waals surface area contributed by atoms with E-state index in [2.05, 4.69) is 35.4 Å². The second-order valence-electron chi connectivity index (χ2n) is 5.15. The van der Waals surface area contributed by atoms with Crippen molar-refractivity contribution in [2.24, 2.45) is 0 Å². The first kappa shape index (κ1) is 14.9. The molecule has 1 N–H and O–H groups in total. The van der Waals surface area contributed by atoms with E-state index in [-0.39, 0.29) is 6.10 Å². The van der Waals surface area contributed by atoms with Crippen LogP contribution in [0.5, 0.6) is 5.75 Å². The summed E-state index contributed by atoms with van der Waals surface area (Å²) >= 11 is 3.61. The molecule has 1 aliphatic rings. The Balaban J connectivity index is 1.71. The molecule has 0 saturated heterocycles. The molecular weight excluding hydrogens is 300 g/mol. The zero-order valence-corrected chi connectivity index (χ0v) is 13.8. The fraction of sp³-hybridized carbons (Fsp3) is 0.438. The van der Waals surface area contributed by atoms with Gasteiger partial charge in [-0.05, 0) is 25.1 Å². The van der Waals surface area contributed by atoms with Crippen LogP contribution in [0, 0.1) is 0 Å². The Morgan fingerprint density at radius 2 is 2.33 bits per heavy atom. The van der Waals surface area contributed by atoms with Crippen LogP contribution in [-0.2, 0) is 6.42 Å². The van der Waals surface area contributed by atoms with Gasteiger partial charge in [-0.1, -0.05) is 19.1 Å². The molecule has 0 bridgehead atoms. The highest BCUT2D eigenvalue weighted by molar-refractivity contribution is 7.99. The van der Waals surface area contributed by atoms with Gasteiger partial charge >= 0.3 is 0 Å².